The standard InChI is InChI=1S/C26H23ClN2O4/c1-16-23(25(30)17-8-4-3-5-9-17)24(29-26(31)28-16)18-12-13-21(22(14-18)32-2)33-15-19-10-6-7-11-20(19)27/h3-14,24H,15H2,1-2H3,(H2,28,29,31)/t24-/m1/s1. The molecule has 3 aromatic rings. The van der Waals surface area contributed by atoms with Crippen LogP contribution in [0.1, 0.15) is 34.5 Å². The van der Waals surface area contributed by atoms with E-state index in [2.05, 4.69) is 10.6 Å². The minimum atomic E-state index is -0.641. The highest BCUT2D eigenvalue weighted by Gasteiger charge is 2.32. The number of Topliss-reactive ketones (excluding diaryl/α,β-unsaturated/α-hetero) is 1. The molecule has 168 valence electrons. The fraction of sp³-hybridized carbons (Fsp3) is 0.154. The summed E-state index contributed by atoms with van der Waals surface area (Å²) in [4.78, 5) is 25.5. The lowest BCUT2D eigenvalue weighted by Crippen LogP contribution is -2.45. The summed E-state index contributed by atoms with van der Waals surface area (Å²) >= 11 is 6.22. The van der Waals surface area contributed by atoms with E-state index in [0.717, 1.165) is 5.56 Å². The molecule has 1 atom stereocenters. The Morgan fingerprint density at radius 1 is 1.00 bits per heavy atom. The Balaban J connectivity index is 1.65. The number of carbonyl (C=O) groups excluding carboxylic acids is 2. The molecule has 3 aromatic carbocycles. The van der Waals surface area contributed by atoms with Crippen LogP contribution in [0.3, 0.4) is 0 Å². The van der Waals surface area contributed by atoms with E-state index in [0.29, 0.717) is 38.9 Å². The molecule has 0 aromatic heterocycles. The van der Waals surface area contributed by atoms with Crippen molar-refractivity contribution in [1.29, 1.82) is 0 Å². The molecule has 0 saturated heterocycles. The van der Waals surface area contributed by atoms with Crippen molar-refractivity contribution in [3.05, 3.63) is 106 Å². The Bertz CT molecular complexity index is 1220. The minimum Gasteiger partial charge on any atom is -0.493 e. The van der Waals surface area contributed by atoms with Crippen molar-refractivity contribution in [3.63, 3.8) is 0 Å². The molecule has 7 heteroatoms. The Hall–Kier alpha value is -3.77. The number of urea groups is 1. The van der Waals surface area contributed by atoms with Crippen LogP contribution in [0, 0.1) is 0 Å². The first-order valence-electron chi connectivity index (χ1n) is 10.4. The Morgan fingerprint density at radius 2 is 1.73 bits per heavy atom. The van der Waals surface area contributed by atoms with E-state index < -0.39 is 6.04 Å². The predicted molar refractivity (Wildman–Crippen MR) is 127 cm³/mol. The third-order valence-electron chi connectivity index (χ3n) is 5.41. The van der Waals surface area contributed by atoms with Gasteiger partial charge in [0.15, 0.2) is 17.3 Å². The number of ketones is 1. The summed E-state index contributed by atoms with van der Waals surface area (Å²) in [6, 6.07) is 20.7. The lowest BCUT2D eigenvalue weighted by molar-refractivity contribution is 0.102. The van der Waals surface area contributed by atoms with Gasteiger partial charge in [0.1, 0.15) is 6.61 Å². The van der Waals surface area contributed by atoms with Crippen LogP contribution in [-0.4, -0.2) is 18.9 Å². The van der Waals surface area contributed by atoms with Crippen molar-refractivity contribution in [2.75, 3.05) is 7.11 Å². The molecule has 0 aliphatic carbocycles. The van der Waals surface area contributed by atoms with Crippen LogP contribution in [0.2, 0.25) is 5.02 Å². The Kier molecular flexibility index (Phi) is 6.66. The highest BCUT2D eigenvalue weighted by Crippen LogP contribution is 2.36. The number of ether oxygens (including phenoxy) is 2. The number of allylic oxidation sites excluding steroid dienone is 1. The van der Waals surface area contributed by atoms with Crippen LogP contribution in [0.15, 0.2) is 84.1 Å². The van der Waals surface area contributed by atoms with E-state index in [4.69, 9.17) is 21.1 Å². The molecule has 0 fully saturated rings. The molecule has 1 aliphatic rings. The van der Waals surface area contributed by atoms with Crippen LogP contribution in [0.25, 0.3) is 0 Å². The number of benzene rings is 3. The molecule has 0 bridgehead atoms. The fourth-order valence-corrected chi connectivity index (χ4v) is 3.93. The first kappa shape index (κ1) is 22.4. The largest absolute Gasteiger partial charge is 0.493 e. The smallest absolute Gasteiger partial charge is 0.319 e. The molecule has 6 nitrogen and oxygen atoms in total. The third kappa shape index (κ3) is 4.86. The molecular formula is C26H23ClN2O4. The number of carbonyl (C=O) groups is 2. The van der Waals surface area contributed by atoms with Crippen molar-refractivity contribution in [3.8, 4) is 11.5 Å². The molecule has 33 heavy (non-hydrogen) atoms. The number of methoxy groups -OCH3 is 1. The van der Waals surface area contributed by atoms with Gasteiger partial charge in [0.05, 0.1) is 13.2 Å². The first-order valence-corrected chi connectivity index (χ1v) is 10.8. The van der Waals surface area contributed by atoms with E-state index in [9.17, 15) is 9.59 Å². The summed E-state index contributed by atoms with van der Waals surface area (Å²) in [6.07, 6.45) is 0. The second-order valence-corrected chi connectivity index (χ2v) is 7.96. The molecule has 0 unspecified atom stereocenters. The van der Waals surface area contributed by atoms with Crippen LogP contribution < -0.4 is 20.1 Å². The lowest BCUT2D eigenvalue weighted by atomic mass is 9.89. The van der Waals surface area contributed by atoms with Crippen molar-refractivity contribution in [2.45, 2.75) is 19.6 Å². The number of nitrogens with one attached hydrogen (secondary N) is 2. The van der Waals surface area contributed by atoms with Crippen molar-refractivity contribution >= 4 is 23.4 Å². The molecule has 1 aliphatic heterocycles. The molecule has 0 saturated carbocycles. The van der Waals surface area contributed by atoms with Gasteiger partial charge < -0.3 is 20.1 Å². The van der Waals surface area contributed by atoms with Gasteiger partial charge >= 0.3 is 6.03 Å². The summed E-state index contributed by atoms with van der Waals surface area (Å²) in [6.45, 7) is 2.00. The maximum atomic E-state index is 13.3. The van der Waals surface area contributed by atoms with Gasteiger partial charge in [-0.3, -0.25) is 4.79 Å². The van der Waals surface area contributed by atoms with Crippen LogP contribution in [0.5, 0.6) is 11.5 Å². The molecule has 2 amide bonds. The lowest BCUT2D eigenvalue weighted by Gasteiger charge is -2.29. The SMILES string of the molecule is COc1cc([C@H]2NC(=O)NC(C)=C2C(=O)c2ccccc2)ccc1OCc1ccccc1Cl. The van der Waals surface area contributed by atoms with Gasteiger partial charge in [-0.2, -0.15) is 0 Å². The monoisotopic (exact) mass is 462 g/mol. The number of halogens is 1. The first-order chi connectivity index (χ1) is 16.0. The summed E-state index contributed by atoms with van der Waals surface area (Å²) < 4.78 is 11.5. The third-order valence-corrected chi connectivity index (χ3v) is 5.78. The zero-order valence-corrected chi connectivity index (χ0v) is 19.0. The number of hydrogen-bond acceptors (Lipinski definition) is 4. The van der Waals surface area contributed by atoms with Crippen molar-refractivity contribution < 1.29 is 19.1 Å². The quantitative estimate of drug-likeness (QED) is 0.458. The number of rotatable bonds is 7. The maximum Gasteiger partial charge on any atom is 0.319 e. The van der Waals surface area contributed by atoms with E-state index in [1.54, 1.807) is 56.5 Å². The summed E-state index contributed by atoms with van der Waals surface area (Å²) in [5.41, 5.74) is 3.07. The minimum absolute atomic E-state index is 0.163. The van der Waals surface area contributed by atoms with Gasteiger partial charge in [-0.25, -0.2) is 4.79 Å². The average Bonchev–Trinajstić information content (AvgIpc) is 2.83. The van der Waals surface area contributed by atoms with Crippen molar-refractivity contribution in [1.82, 2.24) is 10.6 Å². The topological polar surface area (TPSA) is 76.7 Å². The summed E-state index contributed by atoms with van der Waals surface area (Å²) in [5, 5.41) is 6.18. The highest BCUT2D eigenvalue weighted by molar-refractivity contribution is 6.31. The van der Waals surface area contributed by atoms with Crippen LogP contribution >= 0.6 is 11.6 Å². The fourth-order valence-electron chi connectivity index (χ4n) is 3.74. The number of amides is 2. The predicted octanol–water partition coefficient (Wildman–Crippen LogP) is 5.44. The van der Waals surface area contributed by atoms with E-state index >= 15 is 0 Å². The van der Waals surface area contributed by atoms with Gasteiger partial charge in [-0.05, 0) is 30.7 Å². The summed E-state index contributed by atoms with van der Waals surface area (Å²) in [7, 11) is 1.54. The molecule has 1 heterocycles. The van der Waals surface area contributed by atoms with Gasteiger partial charge in [0.2, 0.25) is 0 Å². The second kappa shape index (κ2) is 9.79. The van der Waals surface area contributed by atoms with E-state index in [1.807, 2.05) is 30.3 Å². The van der Waals surface area contributed by atoms with Gasteiger partial charge in [-0.1, -0.05) is 66.2 Å². The molecular weight excluding hydrogens is 440 g/mol. The molecule has 0 radical (unpaired) electrons. The van der Waals surface area contributed by atoms with Crippen LogP contribution in [0.4, 0.5) is 4.79 Å². The molecule has 4 rings (SSSR count). The van der Waals surface area contributed by atoms with Gasteiger partial charge in [0.25, 0.3) is 0 Å². The Morgan fingerprint density at radius 3 is 2.45 bits per heavy atom. The van der Waals surface area contributed by atoms with Gasteiger partial charge in [-0.15, -0.1) is 0 Å². The van der Waals surface area contributed by atoms with E-state index in [-0.39, 0.29) is 18.4 Å². The second-order valence-electron chi connectivity index (χ2n) is 7.56. The zero-order chi connectivity index (χ0) is 23.4. The van der Waals surface area contributed by atoms with Crippen LogP contribution in [-0.2, 0) is 6.61 Å². The molecule has 2 N–H and O–H groups in total. The number of hydrogen-bond donors (Lipinski definition) is 2. The maximum absolute atomic E-state index is 13.3. The van der Waals surface area contributed by atoms with E-state index in [1.165, 1.54) is 0 Å². The van der Waals surface area contributed by atoms with Gasteiger partial charge in [0, 0.05) is 27.4 Å². The summed E-state index contributed by atoms with van der Waals surface area (Å²) in [5.74, 6) is 0.846. The highest BCUT2D eigenvalue weighted by atomic mass is 35.5. The zero-order valence-electron chi connectivity index (χ0n) is 18.2. The van der Waals surface area contributed by atoms with Crippen molar-refractivity contribution in [2.24, 2.45) is 0 Å². The molecule has 0 spiro atoms. The normalized spacial score (nSPS) is 15.5. The average molecular weight is 463 g/mol. The Labute approximate surface area is 197 Å².